The first kappa shape index (κ1) is 30.4. The molecule has 1 heterocycles. The van der Waals surface area contributed by atoms with Crippen LogP contribution < -0.4 is 5.32 Å². The van der Waals surface area contributed by atoms with Crippen LogP contribution in [0.3, 0.4) is 0 Å². The Labute approximate surface area is 227 Å². The number of ether oxygens (including phenoxy) is 1. The van der Waals surface area contributed by atoms with Crippen molar-refractivity contribution in [3.63, 3.8) is 0 Å². The molecule has 1 aliphatic heterocycles. The predicted octanol–water partition coefficient (Wildman–Crippen LogP) is 3.35. The maximum absolute atomic E-state index is 14.0. The molecule has 0 spiro atoms. The number of hydrogen-bond donors (Lipinski definition) is 3. The van der Waals surface area contributed by atoms with E-state index in [2.05, 4.69) is 5.32 Å². The largest absolute Gasteiger partial charge is 0.465 e. The second-order valence-electron chi connectivity index (χ2n) is 10.5. The van der Waals surface area contributed by atoms with E-state index in [0.29, 0.717) is 26.1 Å². The minimum Gasteiger partial charge on any atom is -0.465 e. The molecular weight excluding hydrogens is 530 g/mol. The van der Waals surface area contributed by atoms with Crippen LogP contribution in [0.2, 0.25) is 0 Å². The zero-order valence-electron chi connectivity index (χ0n) is 22.1. The number of nitrogens with zero attached hydrogens (tertiary/aromatic N) is 2. The number of amides is 1. The van der Waals surface area contributed by atoms with Gasteiger partial charge in [0.1, 0.15) is 0 Å². The Morgan fingerprint density at radius 3 is 2.26 bits per heavy atom. The van der Waals surface area contributed by atoms with Crippen molar-refractivity contribution in [3.05, 3.63) is 70.3 Å². The molecule has 1 unspecified atom stereocenters. The SMILES string of the molecule is CC(C)(C)C([C@H](O)[C@H](Cc1ccccc1)NC(=O)O)N(OC1CCOCC1)S(=O)(=O)c1ccc([N+](=O)[O-])cc1. The first-order chi connectivity index (χ1) is 18.3. The average molecular weight is 566 g/mol. The van der Waals surface area contributed by atoms with E-state index in [4.69, 9.17) is 9.57 Å². The van der Waals surface area contributed by atoms with Crippen LogP contribution in [0.1, 0.15) is 39.2 Å². The maximum Gasteiger partial charge on any atom is 0.404 e. The van der Waals surface area contributed by atoms with E-state index in [9.17, 15) is 33.5 Å². The van der Waals surface area contributed by atoms with Crippen molar-refractivity contribution in [1.82, 2.24) is 9.79 Å². The highest BCUT2D eigenvalue weighted by molar-refractivity contribution is 7.89. The highest BCUT2D eigenvalue weighted by atomic mass is 32.2. The van der Waals surface area contributed by atoms with E-state index in [1.165, 1.54) is 0 Å². The molecule has 39 heavy (non-hydrogen) atoms. The van der Waals surface area contributed by atoms with Crippen molar-refractivity contribution < 1.29 is 37.9 Å². The van der Waals surface area contributed by atoms with Crippen molar-refractivity contribution in [2.24, 2.45) is 5.41 Å². The van der Waals surface area contributed by atoms with Gasteiger partial charge in [-0.3, -0.25) is 15.0 Å². The number of nitro benzene ring substituents is 1. The molecule has 1 fully saturated rings. The third kappa shape index (κ3) is 7.96. The number of non-ortho nitro benzene ring substituents is 1. The molecule has 1 saturated heterocycles. The van der Waals surface area contributed by atoms with E-state index >= 15 is 0 Å². The van der Waals surface area contributed by atoms with Crippen LogP contribution in [0, 0.1) is 15.5 Å². The molecule has 1 aliphatic rings. The molecule has 1 amide bonds. The first-order valence-electron chi connectivity index (χ1n) is 12.6. The van der Waals surface area contributed by atoms with Gasteiger partial charge in [0, 0.05) is 25.3 Å². The summed E-state index contributed by atoms with van der Waals surface area (Å²) >= 11 is 0. The van der Waals surface area contributed by atoms with Crippen molar-refractivity contribution in [2.45, 2.75) is 69.2 Å². The van der Waals surface area contributed by atoms with Gasteiger partial charge in [-0.1, -0.05) is 55.6 Å². The Kier molecular flexibility index (Phi) is 10.0. The molecule has 3 rings (SSSR count). The third-order valence-electron chi connectivity index (χ3n) is 6.46. The lowest BCUT2D eigenvalue weighted by Crippen LogP contribution is -2.61. The van der Waals surface area contributed by atoms with Crippen LogP contribution in [0.15, 0.2) is 59.5 Å². The molecule has 0 saturated carbocycles. The average Bonchev–Trinajstić information content (AvgIpc) is 2.88. The Bertz CT molecular complexity index is 1210. The number of hydroxylamine groups is 1. The fourth-order valence-corrected chi connectivity index (χ4v) is 6.16. The van der Waals surface area contributed by atoms with Crippen LogP contribution in [-0.2, 0) is 26.0 Å². The molecule has 0 radical (unpaired) electrons. The summed E-state index contributed by atoms with van der Waals surface area (Å²) in [6, 6.07) is 10.9. The molecule has 13 heteroatoms. The van der Waals surface area contributed by atoms with Gasteiger partial charge in [0.15, 0.2) is 0 Å². The normalized spacial score (nSPS) is 17.4. The van der Waals surface area contributed by atoms with Crippen molar-refractivity contribution in [3.8, 4) is 0 Å². The first-order valence-corrected chi connectivity index (χ1v) is 14.0. The summed E-state index contributed by atoms with van der Waals surface area (Å²) in [4.78, 5) is 28.0. The van der Waals surface area contributed by atoms with E-state index in [1.807, 2.05) is 0 Å². The number of rotatable bonds is 11. The molecular formula is C26H35N3O9S. The lowest BCUT2D eigenvalue weighted by Gasteiger charge is -2.44. The highest BCUT2D eigenvalue weighted by Crippen LogP contribution is 2.35. The molecule has 12 nitrogen and oxygen atoms in total. The predicted molar refractivity (Wildman–Crippen MR) is 141 cm³/mol. The summed E-state index contributed by atoms with van der Waals surface area (Å²) in [5.74, 6) is 0. The number of nitro groups is 1. The summed E-state index contributed by atoms with van der Waals surface area (Å²) < 4.78 is 34.2. The van der Waals surface area contributed by atoms with Crippen molar-refractivity contribution in [2.75, 3.05) is 13.2 Å². The molecule has 0 aromatic heterocycles. The Morgan fingerprint density at radius 1 is 1.15 bits per heavy atom. The number of aliphatic hydroxyl groups excluding tert-OH is 1. The number of carbonyl (C=O) groups is 1. The van der Waals surface area contributed by atoms with Crippen LogP contribution in [0.4, 0.5) is 10.5 Å². The zero-order chi connectivity index (χ0) is 28.8. The summed E-state index contributed by atoms with van der Waals surface area (Å²) in [6.07, 6.45) is -2.58. The summed E-state index contributed by atoms with van der Waals surface area (Å²) in [5.41, 5.74) is -0.502. The Morgan fingerprint density at radius 2 is 1.74 bits per heavy atom. The monoisotopic (exact) mass is 565 g/mol. The minimum absolute atomic E-state index is 0.0869. The van der Waals surface area contributed by atoms with Gasteiger partial charge in [-0.15, -0.1) is 0 Å². The van der Waals surface area contributed by atoms with Crippen LogP contribution in [-0.4, -0.2) is 71.6 Å². The van der Waals surface area contributed by atoms with Gasteiger partial charge in [0.05, 0.1) is 34.1 Å². The van der Waals surface area contributed by atoms with Gasteiger partial charge >= 0.3 is 6.09 Å². The lowest BCUT2D eigenvalue weighted by molar-refractivity contribution is -0.384. The molecule has 3 N–H and O–H groups in total. The maximum atomic E-state index is 14.0. The Balaban J connectivity index is 2.09. The van der Waals surface area contributed by atoms with Crippen molar-refractivity contribution >= 4 is 21.8 Å². The molecule has 2 aromatic carbocycles. The smallest absolute Gasteiger partial charge is 0.404 e. The van der Waals surface area contributed by atoms with Crippen LogP contribution in [0.25, 0.3) is 0 Å². The Hall–Kier alpha value is -3.10. The second-order valence-corrected chi connectivity index (χ2v) is 12.3. The van der Waals surface area contributed by atoms with E-state index < -0.39 is 50.7 Å². The fourth-order valence-electron chi connectivity index (χ4n) is 4.50. The number of sulfonamides is 1. The summed E-state index contributed by atoms with van der Waals surface area (Å²) in [7, 11) is -4.49. The minimum atomic E-state index is -4.49. The molecule has 214 valence electrons. The molecule has 2 aromatic rings. The van der Waals surface area contributed by atoms with Gasteiger partial charge in [-0.2, -0.15) is 0 Å². The van der Waals surface area contributed by atoms with E-state index in [0.717, 1.165) is 34.3 Å². The number of aliphatic hydroxyl groups is 1. The molecule has 0 aliphatic carbocycles. The standard InChI is InChI=1S/C26H35N3O9S/c1-26(2,3)24(23(30)22(27-25(31)32)17-18-7-5-4-6-8-18)29(38-20-13-15-37-16-14-20)39(35,36)21-11-9-19(10-12-21)28(33)34/h4-12,20,22-24,27,30H,13-17H2,1-3H3,(H,31,32)/t22-,23+,24?/m0/s1. The van der Waals surface area contributed by atoms with E-state index in [-0.39, 0.29) is 17.0 Å². The quantitative estimate of drug-likeness (QED) is 0.273. The lowest BCUT2D eigenvalue weighted by atomic mass is 9.80. The summed E-state index contributed by atoms with van der Waals surface area (Å²) in [6.45, 7) is 5.86. The van der Waals surface area contributed by atoms with Gasteiger partial charge < -0.3 is 20.3 Å². The number of carboxylic acid groups (broad SMARTS) is 1. The molecule has 0 bridgehead atoms. The van der Waals surface area contributed by atoms with Crippen LogP contribution in [0.5, 0.6) is 0 Å². The van der Waals surface area contributed by atoms with Gasteiger partial charge in [0.25, 0.3) is 15.7 Å². The molecule has 3 atom stereocenters. The van der Waals surface area contributed by atoms with Crippen molar-refractivity contribution in [1.29, 1.82) is 0 Å². The number of nitrogens with one attached hydrogen (secondary N) is 1. The highest BCUT2D eigenvalue weighted by Gasteiger charge is 2.47. The van der Waals surface area contributed by atoms with Gasteiger partial charge in [-0.25, -0.2) is 13.2 Å². The topological polar surface area (TPSA) is 169 Å². The fraction of sp³-hybridized carbons (Fsp3) is 0.500. The summed E-state index contributed by atoms with van der Waals surface area (Å²) in [5, 5.41) is 34.7. The van der Waals surface area contributed by atoms with E-state index in [1.54, 1.807) is 51.1 Å². The number of benzene rings is 2. The van der Waals surface area contributed by atoms with Gasteiger partial charge in [0.2, 0.25) is 0 Å². The van der Waals surface area contributed by atoms with Crippen LogP contribution >= 0.6 is 0 Å². The third-order valence-corrected chi connectivity index (χ3v) is 8.12. The zero-order valence-corrected chi connectivity index (χ0v) is 22.9. The van der Waals surface area contributed by atoms with Gasteiger partial charge in [-0.05, 0) is 42.4 Å². The number of hydrogen-bond acceptors (Lipinski definition) is 8. The second kappa shape index (κ2) is 12.8.